The van der Waals surface area contributed by atoms with Crippen LogP contribution in [0.25, 0.3) is 110 Å². The van der Waals surface area contributed by atoms with Crippen LogP contribution in [0.2, 0.25) is 0 Å². The standard InChI is InChI=1S/C52H32O/c1-2-13-35(14-3-1)45-32-50-47(46-29-38-16-6-7-17-39(38)30-49(46)53-50)31-48(45)52-43-20-10-8-18-41(43)51(42-19-9-11-21-44(42)52)36-25-22-34(23-26-36)40-27-24-33-12-4-5-15-37(33)28-40/h1-32H. The second kappa shape index (κ2) is 11.8. The molecule has 0 fully saturated rings. The van der Waals surface area contributed by atoms with E-state index in [4.69, 9.17) is 4.42 Å². The van der Waals surface area contributed by atoms with Crippen LogP contribution in [0.15, 0.2) is 199 Å². The Hall–Kier alpha value is -6.96. The maximum absolute atomic E-state index is 6.63. The van der Waals surface area contributed by atoms with Crippen LogP contribution < -0.4 is 0 Å². The first-order valence-electron chi connectivity index (χ1n) is 18.2. The third kappa shape index (κ3) is 4.79. The molecule has 0 amide bonds. The zero-order chi connectivity index (χ0) is 34.9. The van der Waals surface area contributed by atoms with Gasteiger partial charge in [0.15, 0.2) is 0 Å². The highest BCUT2D eigenvalue weighted by Crippen LogP contribution is 2.48. The zero-order valence-corrected chi connectivity index (χ0v) is 28.9. The molecule has 0 saturated carbocycles. The SMILES string of the molecule is c1ccc(-c2cc3oc4cc5ccccc5cc4c3cc2-c2c3ccccc3c(-c3ccc(-c4ccc5ccccc5c4)cc3)c3ccccc23)cc1. The van der Waals surface area contributed by atoms with E-state index < -0.39 is 0 Å². The first kappa shape index (κ1) is 29.7. The van der Waals surface area contributed by atoms with E-state index >= 15 is 0 Å². The minimum absolute atomic E-state index is 0.898. The third-order valence-corrected chi connectivity index (χ3v) is 11.0. The predicted molar refractivity (Wildman–Crippen MR) is 225 cm³/mol. The third-order valence-electron chi connectivity index (χ3n) is 11.0. The van der Waals surface area contributed by atoms with E-state index in [0.29, 0.717) is 0 Å². The molecule has 1 heteroatoms. The van der Waals surface area contributed by atoms with Gasteiger partial charge in [-0.25, -0.2) is 0 Å². The summed E-state index contributed by atoms with van der Waals surface area (Å²) < 4.78 is 6.63. The minimum atomic E-state index is 0.898. The summed E-state index contributed by atoms with van der Waals surface area (Å²) in [5.74, 6) is 0. The predicted octanol–water partition coefficient (Wildman–Crippen LogP) is 14.9. The molecule has 0 unspecified atom stereocenters. The van der Waals surface area contributed by atoms with Crippen LogP contribution in [0.4, 0.5) is 0 Å². The van der Waals surface area contributed by atoms with Crippen LogP contribution in [-0.4, -0.2) is 0 Å². The van der Waals surface area contributed by atoms with E-state index in [1.165, 1.54) is 76.5 Å². The topological polar surface area (TPSA) is 13.1 Å². The molecule has 10 aromatic carbocycles. The molecule has 11 aromatic rings. The number of hydrogen-bond donors (Lipinski definition) is 0. The number of fused-ring (bicyclic) bond motifs is 7. The lowest BCUT2D eigenvalue weighted by Crippen LogP contribution is -1.93. The second-order valence-electron chi connectivity index (χ2n) is 14.0. The Bertz CT molecular complexity index is 3150. The van der Waals surface area contributed by atoms with Gasteiger partial charge in [0.1, 0.15) is 11.2 Å². The van der Waals surface area contributed by atoms with Crippen LogP contribution in [0.1, 0.15) is 0 Å². The van der Waals surface area contributed by atoms with E-state index in [1.807, 2.05) is 0 Å². The summed E-state index contributed by atoms with van der Waals surface area (Å²) in [4.78, 5) is 0. The van der Waals surface area contributed by atoms with Gasteiger partial charge >= 0.3 is 0 Å². The van der Waals surface area contributed by atoms with Crippen LogP contribution >= 0.6 is 0 Å². The molecule has 0 aliphatic rings. The Morgan fingerprint density at radius 2 is 0.736 bits per heavy atom. The molecule has 0 atom stereocenters. The first-order valence-corrected chi connectivity index (χ1v) is 18.2. The Balaban J connectivity index is 1.17. The zero-order valence-electron chi connectivity index (χ0n) is 28.9. The average Bonchev–Trinajstić information content (AvgIpc) is 3.57. The lowest BCUT2D eigenvalue weighted by Gasteiger charge is -2.20. The second-order valence-corrected chi connectivity index (χ2v) is 14.0. The molecule has 1 nitrogen and oxygen atoms in total. The van der Waals surface area contributed by atoms with Crippen molar-refractivity contribution in [2.75, 3.05) is 0 Å². The molecule has 246 valence electrons. The van der Waals surface area contributed by atoms with E-state index in [9.17, 15) is 0 Å². The van der Waals surface area contributed by atoms with Crippen molar-refractivity contribution in [2.24, 2.45) is 0 Å². The van der Waals surface area contributed by atoms with Gasteiger partial charge in [-0.2, -0.15) is 0 Å². The highest BCUT2D eigenvalue weighted by molar-refractivity contribution is 6.24. The van der Waals surface area contributed by atoms with Crippen molar-refractivity contribution in [1.82, 2.24) is 0 Å². The summed E-state index contributed by atoms with van der Waals surface area (Å²) in [5.41, 5.74) is 11.5. The van der Waals surface area contributed by atoms with Gasteiger partial charge in [-0.05, 0) is 118 Å². The molecule has 0 N–H and O–H groups in total. The molecule has 0 bridgehead atoms. The Morgan fingerprint density at radius 1 is 0.245 bits per heavy atom. The van der Waals surface area contributed by atoms with Gasteiger partial charge < -0.3 is 4.42 Å². The van der Waals surface area contributed by atoms with E-state index in [0.717, 1.165) is 33.1 Å². The quantitative estimate of drug-likeness (QED) is 0.170. The highest BCUT2D eigenvalue weighted by Gasteiger charge is 2.21. The van der Waals surface area contributed by atoms with Crippen molar-refractivity contribution in [2.45, 2.75) is 0 Å². The molecule has 0 saturated heterocycles. The summed E-state index contributed by atoms with van der Waals surface area (Å²) in [6.45, 7) is 0. The van der Waals surface area contributed by atoms with Crippen molar-refractivity contribution in [3.8, 4) is 44.5 Å². The molecular formula is C52H32O. The van der Waals surface area contributed by atoms with E-state index in [2.05, 4.69) is 194 Å². The maximum Gasteiger partial charge on any atom is 0.136 e. The fourth-order valence-corrected chi connectivity index (χ4v) is 8.50. The van der Waals surface area contributed by atoms with Crippen LogP contribution in [-0.2, 0) is 0 Å². The lowest BCUT2D eigenvalue weighted by molar-refractivity contribution is 0.669. The van der Waals surface area contributed by atoms with Crippen LogP contribution in [0.3, 0.4) is 0 Å². The molecule has 11 rings (SSSR count). The van der Waals surface area contributed by atoms with Crippen molar-refractivity contribution < 1.29 is 4.42 Å². The van der Waals surface area contributed by atoms with E-state index in [-0.39, 0.29) is 0 Å². The van der Waals surface area contributed by atoms with Gasteiger partial charge in [0.05, 0.1) is 0 Å². The van der Waals surface area contributed by atoms with Crippen LogP contribution in [0, 0.1) is 0 Å². The Labute approximate surface area is 307 Å². The van der Waals surface area contributed by atoms with Gasteiger partial charge in [-0.15, -0.1) is 0 Å². The molecule has 1 heterocycles. The summed E-state index contributed by atoms with van der Waals surface area (Å²) in [6, 6.07) is 70.6. The number of hydrogen-bond acceptors (Lipinski definition) is 1. The molecular weight excluding hydrogens is 641 g/mol. The van der Waals surface area contributed by atoms with Crippen molar-refractivity contribution in [3.05, 3.63) is 194 Å². The number of benzene rings is 10. The molecule has 0 aliphatic heterocycles. The smallest absolute Gasteiger partial charge is 0.136 e. The summed E-state index contributed by atoms with van der Waals surface area (Å²) in [5, 5.41) is 12.1. The minimum Gasteiger partial charge on any atom is -0.456 e. The average molecular weight is 673 g/mol. The van der Waals surface area contributed by atoms with E-state index in [1.54, 1.807) is 0 Å². The highest BCUT2D eigenvalue weighted by atomic mass is 16.3. The summed E-state index contributed by atoms with van der Waals surface area (Å²) in [7, 11) is 0. The molecule has 53 heavy (non-hydrogen) atoms. The normalized spacial score (nSPS) is 11.8. The lowest BCUT2D eigenvalue weighted by atomic mass is 9.83. The number of rotatable bonds is 4. The van der Waals surface area contributed by atoms with Crippen molar-refractivity contribution >= 4 is 65.0 Å². The fraction of sp³-hybridized carbons (Fsp3) is 0. The fourth-order valence-electron chi connectivity index (χ4n) is 8.50. The Morgan fingerprint density at radius 3 is 1.42 bits per heavy atom. The van der Waals surface area contributed by atoms with Crippen molar-refractivity contribution in [1.29, 1.82) is 0 Å². The van der Waals surface area contributed by atoms with Crippen LogP contribution in [0.5, 0.6) is 0 Å². The van der Waals surface area contributed by atoms with Gasteiger partial charge in [-0.3, -0.25) is 0 Å². The van der Waals surface area contributed by atoms with Gasteiger partial charge in [0, 0.05) is 10.8 Å². The number of furan rings is 1. The molecule has 1 aromatic heterocycles. The Kier molecular flexibility index (Phi) is 6.62. The molecule has 0 spiro atoms. The summed E-state index contributed by atoms with van der Waals surface area (Å²) in [6.07, 6.45) is 0. The summed E-state index contributed by atoms with van der Waals surface area (Å²) >= 11 is 0. The maximum atomic E-state index is 6.63. The van der Waals surface area contributed by atoms with Gasteiger partial charge in [0.2, 0.25) is 0 Å². The first-order chi connectivity index (χ1) is 26.3. The molecule has 0 aliphatic carbocycles. The largest absolute Gasteiger partial charge is 0.456 e. The van der Waals surface area contributed by atoms with Crippen molar-refractivity contribution in [3.63, 3.8) is 0 Å². The van der Waals surface area contributed by atoms with Gasteiger partial charge in [-0.1, -0.05) is 164 Å². The molecule has 0 radical (unpaired) electrons. The van der Waals surface area contributed by atoms with Gasteiger partial charge in [0.25, 0.3) is 0 Å². The monoisotopic (exact) mass is 672 g/mol.